The molecule has 142 valence electrons. The standard InChI is InChI=1S/C14H16N4O.C4H4O4/c1-10-8-13(19-18-10)11-4-2-3-5-12(11)17-9-14-15-6-7-16-14;5-3(6)1-2-4(7)8/h2-5,8,17H,6-7,9H2,1H3,(H,15,16);1-2H,(H,5,6)(H,7,8). The summed E-state index contributed by atoms with van der Waals surface area (Å²) in [4.78, 5) is 23.5. The van der Waals surface area contributed by atoms with E-state index in [0.717, 1.165) is 41.6 Å². The van der Waals surface area contributed by atoms with Gasteiger partial charge in [-0.3, -0.25) is 4.99 Å². The second-order valence-electron chi connectivity index (χ2n) is 5.50. The Morgan fingerprint density at radius 1 is 1.26 bits per heavy atom. The molecule has 0 saturated carbocycles. The Morgan fingerprint density at radius 2 is 1.96 bits per heavy atom. The molecule has 1 aliphatic rings. The molecular formula is C18H20N4O5. The highest BCUT2D eigenvalue weighted by Crippen LogP contribution is 2.28. The molecule has 0 fully saturated rings. The molecule has 0 unspecified atom stereocenters. The van der Waals surface area contributed by atoms with Gasteiger partial charge in [0.2, 0.25) is 0 Å². The summed E-state index contributed by atoms with van der Waals surface area (Å²) in [5.74, 6) is -0.731. The van der Waals surface area contributed by atoms with Gasteiger partial charge < -0.3 is 25.4 Å². The van der Waals surface area contributed by atoms with Gasteiger partial charge in [-0.25, -0.2) is 9.59 Å². The molecule has 0 saturated heterocycles. The molecule has 4 N–H and O–H groups in total. The van der Waals surface area contributed by atoms with Crippen molar-refractivity contribution in [2.75, 3.05) is 25.0 Å². The van der Waals surface area contributed by atoms with E-state index in [1.165, 1.54) is 0 Å². The number of nitrogens with one attached hydrogen (secondary N) is 2. The largest absolute Gasteiger partial charge is 0.478 e. The number of aliphatic imine (C=N–C) groups is 1. The fourth-order valence-electron chi connectivity index (χ4n) is 2.23. The zero-order valence-corrected chi connectivity index (χ0v) is 14.7. The van der Waals surface area contributed by atoms with Crippen molar-refractivity contribution < 1.29 is 24.3 Å². The van der Waals surface area contributed by atoms with Crippen LogP contribution in [0.5, 0.6) is 0 Å². The zero-order chi connectivity index (χ0) is 19.6. The van der Waals surface area contributed by atoms with Crippen LogP contribution >= 0.6 is 0 Å². The first-order valence-corrected chi connectivity index (χ1v) is 8.13. The first kappa shape index (κ1) is 19.7. The van der Waals surface area contributed by atoms with E-state index in [0.29, 0.717) is 18.7 Å². The summed E-state index contributed by atoms with van der Waals surface area (Å²) in [7, 11) is 0. The lowest BCUT2D eigenvalue weighted by molar-refractivity contribution is -0.134. The van der Waals surface area contributed by atoms with Crippen molar-refractivity contribution in [3.05, 3.63) is 48.2 Å². The first-order valence-electron chi connectivity index (χ1n) is 8.13. The molecule has 0 amide bonds. The van der Waals surface area contributed by atoms with E-state index in [1.54, 1.807) is 0 Å². The molecule has 2 heterocycles. The predicted molar refractivity (Wildman–Crippen MR) is 99.9 cm³/mol. The average molecular weight is 372 g/mol. The molecular weight excluding hydrogens is 352 g/mol. The van der Waals surface area contributed by atoms with Gasteiger partial charge in [0, 0.05) is 36.0 Å². The number of carbonyl (C=O) groups is 2. The first-order chi connectivity index (χ1) is 13.0. The van der Waals surface area contributed by atoms with Crippen LogP contribution in [0, 0.1) is 6.92 Å². The maximum absolute atomic E-state index is 9.55. The van der Waals surface area contributed by atoms with E-state index in [1.807, 2.05) is 37.3 Å². The Kier molecular flexibility index (Phi) is 7.12. The van der Waals surface area contributed by atoms with E-state index in [-0.39, 0.29) is 0 Å². The lowest BCUT2D eigenvalue weighted by atomic mass is 10.1. The molecule has 2 aromatic rings. The number of carboxylic acids is 2. The number of hydrogen-bond donors (Lipinski definition) is 4. The van der Waals surface area contributed by atoms with Gasteiger partial charge in [0.1, 0.15) is 5.84 Å². The summed E-state index contributed by atoms with van der Waals surface area (Å²) >= 11 is 0. The van der Waals surface area contributed by atoms with E-state index in [4.69, 9.17) is 14.7 Å². The van der Waals surface area contributed by atoms with E-state index >= 15 is 0 Å². The molecule has 0 radical (unpaired) electrons. The summed E-state index contributed by atoms with van der Waals surface area (Å²) in [6, 6.07) is 9.98. The van der Waals surface area contributed by atoms with Crippen molar-refractivity contribution in [1.82, 2.24) is 10.5 Å². The Balaban J connectivity index is 0.000000279. The van der Waals surface area contributed by atoms with Crippen LogP contribution in [-0.4, -0.2) is 52.8 Å². The van der Waals surface area contributed by atoms with Gasteiger partial charge >= 0.3 is 11.9 Å². The maximum atomic E-state index is 9.55. The number of para-hydroxylation sites is 1. The van der Waals surface area contributed by atoms with Gasteiger partial charge in [0.25, 0.3) is 0 Å². The van der Waals surface area contributed by atoms with E-state index in [2.05, 4.69) is 20.8 Å². The molecule has 0 spiro atoms. The van der Waals surface area contributed by atoms with Gasteiger partial charge in [0.15, 0.2) is 5.76 Å². The van der Waals surface area contributed by atoms with Crippen LogP contribution < -0.4 is 10.6 Å². The Bertz CT molecular complexity index is 841. The highest BCUT2D eigenvalue weighted by atomic mass is 16.5. The molecule has 1 aromatic carbocycles. The van der Waals surface area contributed by atoms with Crippen LogP contribution in [0.2, 0.25) is 0 Å². The molecule has 3 rings (SSSR count). The molecule has 1 aliphatic heterocycles. The Labute approximate surface area is 155 Å². The van der Waals surface area contributed by atoms with Crippen molar-refractivity contribution in [1.29, 1.82) is 0 Å². The number of aliphatic carboxylic acids is 2. The Morgan fingerprint density at radius 3 is 2.52 bits per heavy atom. The molecule has 9 nitrogen and oxygen atoms in total. The molecule has 1 aromatic heterocycles. The summed E-state index contributed by atoms with van der Waals surface area (Å²) in [6.45, 7) is 4.41. The number of aromatic nitrogens is 1. The number of benzene rings is 1. The highest BCUT2D eigenvalue weighted by Gasteiger charge is 2.10. The van der Waals surface area contributed by atoms with Gasteiger partial charge in [-0.1, -0.05) is 17.3 Å². The minimum Gasteiger partial charge on any atom is -0.478 e. The van der Waals surface area contributed by atoms with Crippen LogP contribution in [0.25, 0.3) is 11.3 Å². The number of hydrogen-bond acceptors (Lipinski definition) is 7. The van der Waals surface area contributed by atoms with Crippen molar-refractivity contribution in [3.8, 4) is 11.3 Å². The summed E-state index contributed by atoms with van der Waals surface area (Å²) in [6.07, 6.45) is 1.12. The van der Waals surface area contributed by atoms with Gasteiger partial charge in [-0.05, 0) is 19.1 Å². The highest BCUT2D eigenvalue weighted by molar-refractivity contribution is 5.90. The number of anilines is 1. The van der Waals surface area contributed by atoms with E-state index in [9.17, 15) is 9.59 Å². The number of rotatable bonds is 6. The smallest absolute Gasteiger partial charge is 0.328 e. The summed E-state index contributed by atoms with van der Waals surface area (Å²) < 4.78 is 5.33. The number of nitrogens with zero attached hydrogens (tertiary/aromatic N) is 2. The fourth-order valence-corrected chi connectivity index (χ4v) is 2.23. The van der Waals surface area contributed by atoms with Crippen molar-refractivity contribution in [2.45, 2.75) is 6.92 Å². The second kappa shape index (κ2) is 9.76. The predicted octanol–water partition coefficient (Wildman–Crippen LogP) is 1.78. The summed E-state index contributed by atoms with van der Waals surface area (Å²) in [5, 5.41) is 26.2. The SMILES string of the molecule is Cc1cc(-c2ccccc2NCC2=NCCN2)on1.O=C(O)C=CC(=O)O. The molecule has 0 atom stereocenters. The average Bonchev–Trinajstić information content (AvgIpc) is 3.30. The maximum Gasteiger partial charge on any atom is 0.328 e. The van der Waals surface area contributed by atoms with Crippen LogP contribution in [0.4, 0.5) is 5.69 Å². The Hall–Kier alpha value is -3.62. The second-order valence-corrected chi connectivity index (χ2v) is 5.50. The van der Waals surface area contributed by atoms with Crippen LogP contribution in [0.1, 0.15) is 5.69 Å². The van der Waals surface area contributed by atoms with Crippen molar-refractivity contribution in [2.24, 2.45) is 4.99 Å². The minimum absolute atomic E-state index is 0.558. The molecule has 0 bridgehead atoms. The third kappa shape index (κ3) is 6.65. The van der Waals surface area contributed by atoms with Crippen LogP contribution in [0.3, 0.4) is 0 Å². The lowest BCUT2D eigenvalue weighted by Gasteiger charge is -2.10. The third-order valence-corrected chi connectivity index (χ3v) is 3.38. The van der Waals surface area contributed by atoms with Crippen molar-refractivity contribution in [3.63, 3.8) is 0 Å². The minimum atomic E-state index is -1.26. The summed E-state index contributed by atoms with van der Waals surface area (Å²) in [5.41, 5.74) is 2.92. The number of carboxylic acid groups (broad SMARTS) is 2. The van der Waals surface area contributed by atoms with Crippen molar-refractivity contribution >= 4 is 23.5 Å². The topological polar surface area (TPSA) is 137 Å². The quantitative estimate of drug-likeness (QED) is 0.563. The van der Waals surface area contributed by atoms with Gasteiger partial charge in [-0.15, -0.1) is 0 Å². The van der Waals surface area contributed by atoms with Gasteiger partial charge in [0.05, 0.1) is 18.8 Å². The van der Waals surface area contributed by atoms with Crippen LogP contribution in [-0.2, 0) is 9.59 Å². The monoisotopic (exact) mass is 372 g/mol. The third-order valence-electron chi connectivity index (χ3n) is 3.38. The van der Waals surface area contributed by atoms with E-state index < -0.39 is 11.9 Å². The normalized spacial score (nSPS) is 12.7. The van der Waals surface area contributed by atoms with Gasteiger partial charge in [-0.2, -0.15) is 0 Å². The lowest BCUT2D eigenvalue weighted by Crippen LogP contribution is -2.26. The molecule has 9 heteroatoms. The molecule has 0 aliphatic carbocycles. The zero-order valence-electron chi connectivity index (χ0n) is 14.7. The van der Waals surface area contributed by atoms with Crippen LogP contribution in [0.15, 0.2) is 52.0 Å². The fraction of sp³-hybridized carbons (Fsp3) is 0.222. The molecule has 27 heavy (non-hydrogen) atoms. The number of aryl methyl sites for hydroxylation is 1. The number of amidine groups is 1.